The number of aryl methyl sites for hydroxylation is 1. The lowest BCUT2D eigenvalue weighted by Gasteiger charge is -2.13. The van der Waals surface area contributed by atoms with Crippen molar-refractivity contribution >= 4 is 11.6 Å². The maximum atomic E-state index is 5.90. The van der Waals surface area contributed by atoms with E-state index in [0.29, 0.717) is 11.8 Å². The summed E-state index contributed by atoms with van der Waals surface area (Å²) in [7, 11) is 0. The highest BCUT2D eigenvalue weighted by Crippen LogP contribution is 2.17. The van der Waals surface area contributed by atoms with Crippen molar-refractivity contribution in [3.05, 3.63) is 23.4 Å². The van der Waals surface area contributed by atoms with E-state index in [1.54, 1.807) is 0 Å². The first-order valence-electron chi connectivity index (χ1n) is 6.88. The molecule has 1 rings (SSSR count). The number of ether oxygens (including phenoxy) is 1. The Morgan fingerprint density at radius 2 is 2.06 bits per heavy atom. The standard InChI is InChI=1S/C15H24ClNO/c1-4-6-12(3)11-18-15-9-13(10-16)8-14(17-15)7-5-2/h8-9,12H,4-7,10-11H2,1-3H3. The van der Waals surface area contributed by atoms with Crippen molar-refractivity contribution < 1.29 is 4.74 Å². The molecule has 0 fully saturated rings. The molecular weight excluding hydrogens is 246 g/mol. The van der Waals surface area contributed by atoms with Gasteiger partial charge in [-0.2, -0.15) is 0 Å². The number of rotatable bonds is 8. The summed E-state index contributed by atoms with van der Waals surface area (Å²) in [5.74, 6) is 1.81. The number of hydrogen-bond donors (Lipinski definition) is 0. The molecule has 18 heavy (non-hydrogen) atoms. The van der Waals surface area contributed by atoms with Crippen LogP contribution in [0.15, 0.2) is 12.1 Å². The van der Waals surface area contributed by atoms with Gasteiger partial charge in [-0.25, -0.2) is 4.98 Å². The van der Waals surface area contributed by atoms with Gasteiger partial charge in [0.2, 0.25) is 5.88 Å². The van der Waals surface area contributed by atoms with Gasteiger partial charge in [-0.3, -0.25) is 0 Å². The van der Waals surface area contributed by atoms with Crippen LogP contribution in [0.3, 0.4) is 0 Å². The van der Waals surface area contributed by atoms with Crippen LogP contribution in [0.4, 0.5) is 0 Å². The van der Waals surface area contributed by atoms with Crippen LogP contribution in [-0.2, 0) is 12.3 Å². The molecule has 0 aliphatic carbocycles. The molecule has 1 aromatic rings. The second kappa shape index (κ2) is 8.36. The van der Waals surface area contributed by atoms with E-state index in [1.165, 1.54) is 12.8 Å². The molecule has 0 saturated carbocycles. The molecule has 0 radical (unpaired) electrons. The van der Waals surface area contributed by atoms with E-state index in [1.807, 2.05) is 6.07 Å². The van der Waals surface area contributed by atoms with Gasteiger partial charge in [-0.05, 0) is 30.4 Å². The van der Waals surface area contributed by atoms with Crippen molar-refractivity contribution in [3.63, 3.8) is 0 Å². The van der Waals surface area contributed by atoms with Crippen LogP contribution in [0.1, 0.15) is 51.3 Å². The predicted molar refractivity (Wildman–Crippen MR) is 77.4 cm³/mol. The van der Waals surface area contributed by atoms with Crippen LogP contribution >= 0.6 is 11.6 Å². The molecule has 1 atom stereocenters. The molecule has 102 valence electrons. The Morgan fingerprint density at radius 1 is 1.28 bits per heavy atom. The van der Waals surface area contributed by atoms with Gasteiger partial charge in [0.25, 0.3) is 0 Å². The Hall–Kier alpha value is -0.760. The fraction of sp³-hybridized carbons (Fsp3) is 0.667. The number of alkyl halides is 1. The lowest BCUT2D eigenvalue weighted by atomic mass is 10.1. The Kier molecular flexibility index (Phi) is 7.11. The molecule has 0 aliphatic rings. The van der Waals surface area contributed by atoms with Crippen LogP contribution in [0.2, 0.25) is 0 Å². The second-order valence-corrected chi connectivity index (χ2v) is 5.16. The summed E-state index contributed by atoms with van der Waals surface area (Å²) in [4.78, 5) is 4.52. The molecule has 0 aliphatic heterocycles. The summed E-state index contributed by atoms with van der Waals surface area (Å²) < 4.78 is 5.78. The van der Waals surface area contributed by atoms with Crippen LogP contribution in [0, 0.1) is 5.92 Å². The van der Waals surface area contributed by atoms with Crippen molar-refractivity contribution in [1.82, 2.24) is 4.98 Å². The largest absolute Gasteiger partial charge is 0.477 e. The fourth-order valence-corrected chi connectivity index (χ4v) is 2.11. The third-order valence-electron chi connectivity index (χ3n) is 2.87. The van der Waals surface area contributed by atoms with Gasteiger partial charge >= 0.3 is 0 Å². The summed E-state index contributed by atoms with van der Waals surface area (Å²) in [6.07, 6.45) is 4.45. The summed E-state index contributed by atoms with van der Waals surface area (Å²) in [5.41, 5.74) is 2.17. The summed E-state index contributed by atoms with van der Waals surface area (Å²) in [6, 6.07) is 4.02. The van der Waals surface area contributed by atoms with Crippen molar-refractivity contribution in [2.75, 3.05) is 6.61 Å². The van der Waals surface area contributed by atoms with Crippen molar-refractivity contribution in [2.24, 2.45) is 5.92 Å². The monoisotopic (exact) mass is 269 g/mol. The number of halogens is 1. The normalized spacial score (nSPS) is 12.4. The topological polar surface area (TPSA) is 22.1 Å². The molecule has 1 aromatic heterocycles. The minimum atomic E-state index is 0.514. The summed E-state index contributed by atoms with van der Waals surface area (Å²) in [6.45, 7) is 7.29. The Bertz CT molecular complexity index is 354. The zero-order valence-electron chi connectivity index (χ0n) is 11.7. The number of nitrogens with zero attached hydrogens (tertiary/aromatic N) is 1. The molecule has 2 nitrogen and oxygen atoms in total. The van der Waals surface area contributed by atoms with E-state index in [-0.39, 0.29) is 0 Å². The number of hydrogen-bond acceptors (Lipinski definition) is 2. The maximum Gasteiger partial charge on any atom is 0.213 e. The Labute approximate surface area is 116 Å². The molecule has 1 unspecified atom stereocenters. The van der Waals surface area contributed by atoms with E-state index in [4.69, 9.17) is 16.3 Å². The van der Waals surface area contributed by atoms with Gasteiger partial charge in [0.1, 0.15) is 0 Å². The molecule has 0 N–H and O–H groups in total. The third kappa shape index (κ3) is 5.26. The first-order chi connectivity index (χ1) is 8.69. The molecule has 3 heteroatoms. The predicted octanol–water partition coefficient (Wildman–Crippen LogP) is 4.59. The number of pyridine rings is 1. The van der Waals surface area contributed by atoms with E-state index in [9.17, 15) is 0 Å². The molecule has 1 heterocycles. The highest BCUT2D eigenvalue weighted by Gasteiger charge is 2.06. The summed E-state index contributed by atoms with van der Waals surface area (Å²) >= 11 is 5.90. The molecule has 0 aromatic carbocycles. The quantitative estimate of drug-likeness (QED) is 0.644. The van der Waals surface area contributed by atoms with E-state index < -0.39 is 0 Å². The van der Waals surface area contributed by atoms with E-state index in [2.05, 4.69) is 31.8 Å². The van der Waals surface area contributed by atoms with E-state index in [0.717, 1.165) is 36.6 Å². The van der Waals surface area contributed by atoms with Crippen molar-refractivity contribution in [2.45, 2.75) is 52.3 Å². The fourth-order valence-electron chi connectivity index (χ4n) is 1.96. The third-order valence-corrected chi connectivity index (χ3v) is 3.18. The van der Waals surface area contributed by atoms with E-state index >= 15 is 0 Å². The molecule has 0 bridgehead atoms. The molecular formula is C15H24ClNO. The van der Waals surface area contributed by atoms with Crippen molar-refractivity contribution in [1.29, 1.82) is 0 Å². The minimum Gasteiger partial charge on any atom is -0.477 e. The SMILES string of the molecule is CCCc1cc(CCl)cc(OCC(C)CCC)n1. The minimum absolute atomic E-state index is 0.514. The average Bonchev–Trinajstić information content (AvgIpc) is 2.37. The first-order valence-corrected chi connectivity index (χ1v) is 7.41. The van der Waals surface area contributed by atoms with Crippen LogP contribution in [0.5, 0.6) is 5.88 Å². The average molecular weight is 270 g/mol. The Morgan fingerprint density at radius 3 is 2.67 bits per heavy atom. The second-order valence-electron chi connectivity index (χ2n) is 4.89. The van der Waals surface area contributed by atoms with Gasteiger partial charge < -0.3 is 4.74 Å². The lowest BCUT2D eigenvalue weighted by Crippen LogP contribution is -2.09. The van der Waals surface area contributed by atoms with Gasteiger partial charge in [0, 0.05) is 17.6 Å². The lowest BCUT2D eigenvalue weighted by molar-refractivity contribution is 0.242. The van der Waals surface area contributed by atoms with Crippen LogP contribution in [0.25, 0.3) is 0 Å². The Balaban J connectivity index is 2.65. The smallest absolute Gasteiger partial charge is 0.213 e. The van der Waals surface area contributed by atoms with Gasteiger partial charge in [0.15, 0.2) is 0 Å². The summed E-state index contributed by atoms with van der Waals surface area (Å²) in [5, 5.41) is 0. The first kappa shape index (κ1) is 15.3. The number of aromatic nitrogens is 1. The molecule has 0 spiro atoms. The van der Waals surface area contributed by atoms with Gasteiger partial charge in [-0.1, -0.05) is 33.6 Å². The van der Waals surface area contributed by atoms with Gasteiger partial charge in [0.05, 0.1) is 6.61 Å². The van der Waals surface area contributed by atoms with Gasteiger partial charge in [-0.15, -0.1) is 11.6 Å². The molecule has 0 amide bonds. The highest BCUT2D eigenvalue weighted by atomic mass is 35.5. The molecule has 0 saturated heterocycles. The van der Waals surface area contributed by atoms with Crippen molar-refractivity contribution in [3.8, 4) is 5.88 Å². The maximum absolute atomic E-state index is 5.90. The highest BCUT2D eigenvalue weighted by molar-refractivity contribution is 6.17. The van der Waals surface area contributed by atoms with Crippen LogP contribution < -0.4 is 4.74 Å². The zero-order valence-corrected chi connectivity index (χ0v) is 12.5. The zero-order chi connectivity index (χ0) is 13.4. The van der Waals surface area contributed by atoms with Crippen LogP contribution in [-0.4, -0.2) is 11.6 Å².